The molecule has 0 spiro atoms. The summed E-state index contributed by atoms with van der Waals surface area (Å²) in [5.41, 5.74) is 2.60. The number of rotatable bonds is 5. The zero-order valence-electron chi connectivity index (χ0n) is 14.6. The van der Waals surface area contributed by atoms with Crippen molar-refractivity contribution in [3.05, 3.63) is 102 Å². The quantitative estimate of drug-likeness (QED) is 0.453. The Kier molecular flexibility index (Phi) is 5.17. The number of fused-ring (bicyclic) bond motifs is 1. The molecule has 3 nitrogen and oxygen atoms in total. The van der Waals surface area contributed by atoms with Gasteiger partial charge in [-0.25, -0.2) is 4.98 Å². The van der Waals surface area contributed by atoms with Crippen LogP contribution < -0.4 is 5.32 Å². The van der Waals surface area contributed by atoms with Gasteiger partial charge in [0.15, 0.2) is 0 Å². The van der Waals surface area contributed by atoms with Crippen molar-refractivity contribution in [1.29, 1.82) is 0 Å². The molecule has 0 bridgehead atoms. The highest BCUT2D eigenvalue weighted by molar-refractivity contribution is 7.98. The van der Waals surface area contributed by atoms with Crippen LogP contribution in [0, 0.1) is 0 Å². The number of benzene rings is 3. The Morgan fingerprint density at radius 1 is 0.852 bits per heavy atom. The lowest BCUT2D eigenvalue weighted by Gasteiger charge is -2.11. The average Bonchev–Trinajstić information content (AvgIpc) is 2.73. The summed E-state index contributed by atoms with van der Waals surface area (Å²) in [6.07, 6.45) is 1.72. The number of nitrogens with zero attached hydrogens (tertiary/aromatic N) is 1. The molecule has 0 saturated carbocycles. The lowest BCUT2D eigenvalue weighted by atomic mass is 10.1. The van der Waals surface area contributed by atoms with E-state index in [1.54, 1.807) is 24.0 Å². The molecule has 0 aliphatic rings. The first-order valence-electron chi connectivity index (χ1n) is 8.72. The molecule has 0 radical (unpaired) electrons. The van der Waals surface area contributed by atoms with Crippen LogP contribution in [0.25, 0.3) is 10.8 Å². The molecule has 0 fully saturated rings. The van der Waals surface area contributed by atoms with Crippen molar-refractivity contribution in [3.63, 3.8) is 0 Å². The van der Waals surface area contributed by atoms with Gasteiger partial charge < -0.3 is 5.32 Å². The first kappa shape index (κ1) is 17.3. The van der Waals surface area contributed by atoms with Gasteiger partial charge in [0, 0.05) is 23.0 Å². The molecule has 0 saturated heterocycles. The molecule has 0 aliphatic heterocycles. The molecule has 3 aromatic carbocycles. The van der Waals surface area contributed by atoms with E-state index in [0.29, 0.717) is 5.56 Å². The number of anilines is 1. The number of nitrogens with one attached hydrogen (secondary N) is 1. The number of pyridine rings is 1. The zero-order valence-corrected chi connectivity index (χ0v) is 15.4. The van der Waals surface area contributed by atoms with Crippen molar-refractivity contribution in [3.8, 4) is 0 Å². The first-order valence-corrected chi connectivity index (χ1v) is 9.71. The Morgan fingerprint density at radius 2 is 1.63 bits per heavy atom. The van der Waals surface area contributed by atoms with E-state index in [1.165, 1.54) is 5.56 Å². The Balaban J connectivity index is 1.57. The highest BCUT2D eigenvalue weighted by Crippen LogP contribution is 2.27. The largest absolute Gasteiger partial charge is 0.321 e. The van der Waals surface area contributed by atoms with E-state index < -0.39 is 0 Å². The van der Waals surface area contributed by atoms with Gasteiger partial charge in [-0.2, -0.15) is 0 Å². The fourth-order valence-electron chi connectivity index (χ4n) is 2.93. The fraction of sp³-hybridized carbons (Fsp3) is 0.0435. The third-order valence-corrected chi connectivity index (χ3v) is 5.35. The van der Waals surface area contributed by atoms with E-state index in [0.717, 1.165) is 27.2 Å². The highest BCUT2D eigenvalue weighted by atomic mass is 32.2. The molecule has 4 aromatic rings. The molecule has 0 unspecified atom stereocenters. The summed E-state index contributed by atoms with van der Waals surface area (Å²) in [4.78, 5) is 17.3. The molecule has 1 aromatic heterocycles. The smallest absolute Gasteiger partial charge is 0.258 e. The Bertz CT molecular complexity index is 1070. The van der Waals surface area contributed by atoms with Crippen LogP contribution in [0.15, 0.2) is 96.2 Å². The lowest BCUT2D eigenvalue weighted by molar-refractivity contribution is 0.102. The average molecular weight is 370 g/mol. The molecule has 0 atom stereocenters. The van der Waals surface area contributed by atoms with E-state index >= 15 is 0 Å². The van der Waals surface area contributed by atoms with E-state index in [9.17, 15) is 4.79 Å². The van der Waals surface area contributed by atoms with Crippen molar-refractivity contribution in [2.45, 2.75) is 10.8 Å². The van der Waals surface area contributed by atoms with Crippen molar-refractivity contribution in [2.75, 3.05) is 5.32 Å². The molecule has 4 rings (SSSR count). The zero-order chi connectivity index (χ0) is 18.5. The van der Waals surface area contributed by atoms with Gasteiger partial charge in [-0.05, 0) is 29.1 Å². The molecule has 1 amide bonds. The molecular weight excluding hydrogens is 352 g/mol. The minimum absolute atomic E-state index is 0.144. The van der Waals surface area contributed by atoms with Gasteiger partial charge in [-0.15, -0.1) is 11.8 Å². The van der Waals surface area contributed by atoms with Crippen LogP contribution in [0.3, 0.4) is 0 Å². The maximum absolute atomic E-state index is 12.9. The minimum Gasteiger partial charge on any atom is -0.321 e. The molecule has 0 aliphatic carbocycles. The number of hydrogen-bond acceptors (Lipinski definition) is 3. The van der Waals surface area contributed by atoms with E-state index in [-0.39, 0.29) is 5.91 Å². The number of aromatic nitrogens is 1. The Labute approximate surface area is 162 Å². The normalized spacial score (nSPS) is 10.7. The topological polar surface area (TPSA) is 42.0 Å². The van der Waals surface area contributed by atoms with Gasteiger partial charge in [0.2, 0.25) is 0 Å². The molecular formula is C23H18N2OS. The summed E-state index contributed by atoms with van der Waals surface area (Å²) in [5.74, 6) is 0.627. The Hall–Kier alpha value is -3.11. The number of thioether (sulfide) groups is 1. The summed E-state index contributed by atoms with van der Waals surface area (Å²) in [6.45, 7) is 0. The van der Waals surface area contributed by atoms with Crippen LogP contribution in [-0.2, 0) is 5.75 Å². The highest BCUT2D eigenvalue weighted by Gasteiger charge is 2.14. The van der Waals surface area contributed by atoms with E-state index in [1.807, 2.05) is 66.7 Å². The standard InChI is InChI=1S/C23H18N2OS/c26-22(25-21-14-6-11-18-10-4-5-12-19(18)21)20-13-7-15-24-23(20)27-16-17-8-2-1-3-9-17/h1-15H,16H2,(H,25,26). The molecule has 1 N–H and O–H groups in total. The molecule has 27 heavy (non-hydrogen) atoms. The van der Waals surface area contributed by atoms with Crippen molar-refractivity contribution < 1.29 is 4.79 Å². The monoisotopic (exact) mass is 370 g/mol. The summed E-state index contributed by atoms with van der Waals surface area (Å²) >= 11 is 1.57. The van der Waals surface area contributed by atoms with Gasteiger partial charge >= 0.3 is 0 Å². The molecule has 1 heterocycles. The van der Waals surface area contributed by atoms with Crippen LogP contribution in [0.4, 0.5) is 5.69 Å². The Morgan fingerprint density at radius 3 is 2.52 bits per heavy atom. The van der Waals surface area contributed by atoms with Crippen LogP contribution in [0.1, 0.15) is 15.9 Å². The number of carbonyl (C=O) groups is 1. The summed E-state index contributed by atoms with van der Waals surface area (Å²) in [7, 11) is 0. The first-order chi connectivity index (χ1) is 13.3. The second-order valence-corrected chi connectivity index (χ2v) is 7.08. The number of amides is 1. The minimum atomic E-state index is -0.144. The summed E-state index contributed by atoms with van der Waals surface area (Å²) in [5, 5.41) is 5.90. The SMILES string of the molecule is O=C(Nc1cccc2ccccc12)c1cccnc1SCc1ccccc1. The van der Waals surface area contributed by atoms with E-state index in [2.05, 4.69) is 22.4 Å². The predicted octanol–water partition coefficient (Wildman–Crippen LogP) is 5.78. The van der Waals surface area contributed by atoms with Crippen LogP contribution in [0.5, 0.6) is 0 Å². The summed E-state index contributed by atoms with van der Waals surface area (Å²) in [6, 6.07) is 27.7. The van der Waals surface area contributed by atoms with Crippen LogP contribution in [-0.4, -0.2) is 10.9 Å². The molecule has 132 valence electrons. The maximum atomic E-state index is 12.9. The third-order valence-electron chi connectivity index (χ3n) is 4.27. The van der Waals surface area contributed by atoms with Crippen LogP contribution in [0.2, 0.25) is 0 Å². The number of carbonyl (C=O) groups excluding carboxylic acids is 1. The van der Waals surface area contributed by atoms with Gasteiger partial charge in [-0.3, -0.25) is 4.79 Å². The maximum Gasteiger partial charge on any atom is 0.258 e. The third kappa shape index (κ3) is 4.01. The van der Waals surface area contributed by atoms with E-state index in [4.69, 9.17) is 0 Å². The predicted molar refractivity (Wildman–Crippen MR) is 112 cm³/mol. The fourth-order valence-corrected chi connectivity index (χ4v) is 3.88. The molecule has 4 heteroatoms. The van der Waals surface area contributed by atoms with Gasteiger partial charge in [0.05, 0.1) is 5.56 Å². The van der Waals surface area contributed by atoms with Crippen molar-refractivity contribution >= 4 is 34.1 Å². The number of hydrogen-bond donors (Lipinski definition) is 1. The van der Waals surface area contributed by atoms with Crippen LogP contribution >= 0.6 is 11.8 Å². The van der Waals surface area contributed by atoms with Crippen molar-refractivity contribution in [2.24, 2.45) is 0 Å². The summed E-state index contributed by atoms with van der Waals surface area (Å²) < 4.78 is 0. The van der Waals surface area contributed by atoms with Gasteiger partial charge in [0.1, 0.15) is 5.03 Å². The lowest BCUT2D eigenvalue weighted by Crippen LogP contribution is -2.13. The second kappa shape index (κ2) is 8.06. The van der Waals surface area contributed by atoms with Gasteiger partial charge in [0.25, 0.3) is 5.91 Å². The van der Waals surface area contributed by atoms with Gasteiger partial charge in [-0.1, -0.05) is 66.7 Å². The van der Waals surface area contributed by atoms with Crippen molar-refractivity contribution in [1.82, 2.24) is 4.98 Å². The second-order valence-electron chi connectivity index (χ2n) is 6.11.